The Labute approximate surface area is 125 Å². The molecule has 1 aromatic carbocycles. The number of hydrogen-bond donors (Lipinski definition) is 4. The van der Waals surface area contributed by atoms with Crippen molar-refractivity contribution in [3.05, 3.63) is 17.7 Å². The number of carboxylic acid groups (broad SMARTS) is 2. The number of nitrogens with one attached hydrogen (secondary N) is 1. The topological polar surface area (TPSA) is 142 Å². The number of phenols is 1. The van der Waals surface area contributed by atoms with Gasteiger partial charge in [0.25, 0.3) is 5.91 Å². The van der Waals surface area contributed by atoms with Gasteiger partial charge in [-0.15, -0.1) is 0 Å². The number of benzene rings is 1. The minimum Gasteiger partial charge on any atom is -0.502 e. The molecule has 0 saturated heterocycles. The molecule has 9 nitrogen and oxygen atoms in total. The number of ether oxygens (including phenoxy) is 2. The van der Waals surface area contributed by atoms with Crippen molar-refractivity contribution in [2.24, 2.45) is 0 Å². The first-order valence-electron chi connectivity index (χ1n) is 6.00. The molecule has 0 aliphatic rings. The van der Waals surface area contributed by atoms with Gasteiger partial charge in [-0.2, -0.15) is 0 Å². The molecule has 0 heterocycles. The summed E-state index contributed by atoms with van der Waals surface area (Å²) >= 11 is 0. The number of methoxy groups -OCH3 is 2. The highest BCUT2D eigenvalue weighted by Gasteiger charge is 2.24. The van der Waals surface area contributed by atoms with E-state index in [4.69, 9.17) is 19.7 Å². The molecule has 0 fully saturated rings. The lowest BCUT2D eigenvalue weighted by molar-refractivity contribution is -0.145. The van der Waals surface area contributed by atoms with E-state index in [2.05, 4.69) is 5.32 Å². The van der Waals surface area contributed by atoms with E-state index in [1.807, 2.05) is 0 Å². The lowest BCUT2D eigenvalue weighted by Gasteiger charge is -2.14. The van der Waals surface area contributed by atoms with E-state index in [1.54, 1.807) is 0 Å². The van der Waals surface area contributed by atoms with Crippen LogP contribution in [0.4, 0.5) is 0 Å². The third-order valence-electron chi connectivity index (χ3n) is 2.72. The van der Waals surface area contributed by atoms with Gasteiger partial charge in [0.15, 0.2) is 11.5 Å². The summed E-state index contributed by atoms with van der Waals surface area (Å²) in [7, 11) is 2.53. The summed E-state index contributed by atoms with van der Waals surface area (Å²) in [6.07, 6.45) is -0.770. The van der Waals surface area contributed by atoms with E-state index in [0.29, 0.717) is 0 Å². The predicted octanol–water partition coefficient (Wildman–Crippen LogP) is 0.0671. The lowest BCUT2D eigenvalue weighted by Crippen LogP contribution is -2.42. The van der Waals surface area contributed by atoms with Gasteiger partial charge in [-0.25, -0.2) is 4.79 Å². The van der Waals surface area contributed by atoms with E-state index in [-0.39, 0.29) is 22.8 Å². The second kappa shape index (κ2) is 7.16. The molecule has 1 rings (SSSR count). The van der Waals surface area contributed by atoms with E-state index < -0.39 is 30.3 Å². The van der Waals surface area contributed by atoms with Crippen LogP contribution in [0, 0.1) is 0 Å². The van der Waals surface area contributed by atoms with Crippen LogP contribution in [0.25, 0.3) is 0 Å². The summed E-state index contributed by atoms with van der Waals surface area (Å²) in [6.45, 7) is 0. The van der Waals surface area contributed by atoms with E-state index >= 15 is 0 Å². The Morgan fingerprint density at radius 2 is 1.64 bits per heavy atom. The number of phenolic OH excluding ortho intramolecular Hbond substituents is 1. The Morgan fingerprint density at radius 3 is 2.00 bits per heavy atom. The number of carboxylic acids is 2. The summed E-state index contributed by atoms with van der Waals surface area (Å²) in [5, 5.41) is 29.3. The fourth-order valence-electron chi connectivity index (χ4n) is 1.64. The maximum atomic E-state index is 12.0. The zero-order chi connectivity index (χ0) is 16.9. The smallest absolute Gasteiger partial charge is 0.326 e. The number of carbonyl (C=O) groups is 3. The van der Waals surface area contributed by atoms with Gasteiger partial charge in [-0.1, -0.05) is 0 Å². The van der Waals surface area contributed by atoms with Crippen LogP contribution in [0.1, 0.15) is 16.8 Å². The number of carbonyl (C=O) groups excluding carboxylic acids is 1. The van der Waals surface area contributed by atoms with Crippen LogP contribution < -0.4 is 14.8 Å². The molecule has 0 radical (unpaired) electrons. The molecule has 0 bridgehead atoms. The first-order chi connectivity index (χ1) is 10.3. The van der Waals surface area contributed by atoms with Crippen LogP contribution in [0.5, 0.6) is 17.2 Å². The number of rotatable bonds is 7. The van der Waals surface area contributed by atoms with Gasteiger partial charge in [-0.3, -0.25) is 9.59 Å². The molecule has 120 valence electrons. The Morgan fingerprint density at radius 1 is 1.14 bits per heavy atom. The average molecular weight is 313 g/mol. The third kappa shape index (κ3) is 4.01. The standard InChI is InChI=1S/C13H15NO8/c1-21-8-3-6(4-9(22-2)11(8)17)12(18)14-7(13(19)20)5-10(15)16/h3-4,7,17H,5H2,1-2H3,(H,14,18)(H,15,16)(H,19,20)/t7-/m0/s1. The molecule has 0 aromatic heterocycles. The molecule has 9 heteroatoms. The maximum Gasteiger partial charge on any atom is 0.326 e. The largest absolute Gasteiger partial charge is 0.502 e. The van der Waals surface area contributed by atoms with Crippen molar-refractivity contribution in [2.45, 2.75) is 12.5 Å². The van der Waals surface area contributed by atoms with Gasteiger partial charge < -0.3 is 30.1 Å². The van der Waals surface area contributed by atoms with Crippen molar-refractivity contribution in [3.63, 3.8) is 0 Å². The minimum atomic E-state index is -1.59. The fraction of sp³-hybridized carbons (Fsp3) is 0.308. The molecule has 0 unspecified atom stereocenters. The molecule has 1 atom stereocenters. The van der Waals surface area contributed by atoms with Gasteiger partial charge in [0.2, 0.25) is 5.75 Å². The predicted molar refractivity (Wildman–Crippen MR) is 72.4 cm³/mol. The van der Waals surface area contributed by atoms with Gasteiger partial charge in [-0.05, 0) is 12.1 Å². The summed E-state index contributed by atoms with van der Waals surface area (Å²) in [5.41, 5.74) is -0.0526. The zero-order valence-electron chi connectivity index (χ0n) is 11.8. The number of hydrogen-bond acceptors (Lipinski definition) is 6. The Balaban J connectivity index is 3.06. The van der Waals surface area contributed by atoms with Gasteiger partial charge in [0.05, 0.1) is 20.6 Å². The van der Waals surface area contributed by atoms with Crippen molar-refractivity contribution in [3.8, 4) is 17.2 Å². The molecule has 1 aromatic rings. The maximum absolute atomic E-state index is 12.0. The van der Waals surface area contributed by atoms with Crippen molar-refractivity contribution < 1.29 is 39.2 Å². The van der Waals surface area contributed by atoms with Crippen LogP contribution in [0.2, 0.25) is 0 Å². The lowest BCUT2D eigenvalue weighted by atomic mass is 10.1. The van der Waals surface area contributed by atoms with Crippen LogP contribution in [0.15, 0.2) is 12.1 Å². The first kappa shape index (κ1) is 17.1. The molecule has 4 N–H and O–H groups in total. The van der Waals surface area contributed by atoms with E-state index in [0.717, 1.165) is 0 Å². The van der Waals surface area contributed by atoms with E-state index in [1.165, 1.54) is 26.4 Å². The molecule has 1 amide bonds. The molecule has 0 aliphatic heterocycles. The Hall–Kier alpha value is -2.97. The average Bonchev–Trinajstić information content (AvgIpc) is 2.46. The number of aliphatic carboxylic acids is 2. The van der Waals surface area contributed by atoms with Gasteiger partial charge in [0, 0.05) is 5.56 Å². The van der Waals surface area contributed by atoms with Crippen molar-refractivity contribution in [1.82, 2.24) is 5.32 Å². The minimum absolute atomic E-state index is 0.0467. The highest BCUT2D eigenvalue weighted by molar-refractivity contribution is 5.98. The molecule has 0 saturated carbocycles. The SMILES string of the molecule is COc1cc(C(=O)N[C@@H](CC(=O)O)C(=O)O)cc(OC)c1O. The fourth-order valence-corrected chi connectivity index (χ4v) is 1.64. The monoisotopic (exact) mass is 313 g/mol. The van der Waals surface area contributed by atoms with Gasteiger partial charge >= 0.3 is 11.9 Å². The molecule has 0 aliphatic carbocycles. The molecule has 0 spiro atoms. The van der Waals surface area contributed by atoms with Crippen LogP contribution in [-0.4, -0.2) is 53.4 Å². The zero-order valence-corrected chi connectivity index (χ0v) is 11.8. The van der Waals surface area contributed by atoms with E-state index in [9.17, 15) is 19.5 Å². The molecular formula is C13H15NO8. The summed E-state index contributed by atoms with van der Waals surface area (Å²) in [4.78, 5) is 33.6. The first-order valence-corrected chi connectivity index (χ1v) is 6.00. The highest BCUT2D eigenvalue weighted by Crippen LogP contribution is 2.37. The van der Waals surface area contributed by atoms with Crippen molar-refractivity contribution in [1.29, 1.82) is 0 Å². The van der Waals surface area contributed by atoms with Crippen molar-refractivity contribution in [2.75, 3.05) is 14.2 Å². The highest BCUT2D eigenvalue weighted by atomic mass is 16.5. The Kier molecular flexibility index (Phi) is 5.56. The molecular weight excluding hydrogens is 298 g/mol. The Bertz CT molecular complexity index is 573. The van der Waals surface area contributed by atoms with Crippen LogP contribution in [0.3, 0.4) is 0 Å². The quantitative estimate of drug-likeness (QED) is 0.553. The third-order valence-corrected chi connectivity index (χ3v) is 2.72. The number of amides is 1. The van der Waals surface area contributed by atoms with Crippen LogP contribution >= 0.6 is 0 Å². The summed E-state index contributed by atoms with van der Waals surface area (Å²) in [6, 6.07) is 0.760. The number of aromatic hydroxyl groups is 1. The summed E-state index contributed by atoms with van der Waals surface area (Å²) < 4.78 is 9.75. The molecule has 22 heavy (non-hydrogen) atoms. The van der Waals surface area contributed by atoms with Gasteiger partial charge in [0.1, 0.15) is 6.04 Å². The summed E-state index contributed by atoms with van der Waals surface area (Å²) in [5.74, 6) is -4.10. The normalized spacial score (nSPS) is 11.4. The van der Waals surface area contributed by atoms with Crippen LogP contribution in [-0.2, 0) is 9.59 Å². The van der Waals surface area contributed by atoms with Crippen molar-refractivity contribution >= 4 is 17.8 Å². The second-order valence-corrected chi connectivity index (χ2v) is 4.19. The second-order valence-electron chi connectivity index (χ2n) is 4.19.